The van der Waals surface area contributed by atoms with Crippen LogP contribution in [0.25, 0.3) is 10.8 Å². The third-order valence-electron chi connectivity index (χ3n) is 3.66. The maximum absolute atomic E-state index is 13.2. The molecule has 3 rings (SSSR count). The van der Waals surface area contributed by atoms with Crippen LogP contribution < -0.4 is 5.32 Å². The first-order valence-corrected chi connectivity index (χ1v) is 7.99. The van der Waals surface area contributed by atoms with E-state index in [2.05, 4.69) is 44.4 Å². The summed E-state index contributed by atoms with van der Waals surface area (Å²) in [6, 6.07) is 13.5. The van der Waals surface area contributed by atoms with Gasteiger partial charge in [-0.15, -0.1) is 0 Å². The van der Waals surface area contributed by atoms with Crippen molar-refractivity contribution in [3.8, 4) is 0 Å². The summed E-state index contributed by atoms with van der Waals surface area (Å²) in [4.78, 5) is 4.15. The van der Waals surface area contributed by atoms with Crippen molar-refractivity contribution in [3.63, 3.8) is 0 Å². The highest BCUT2D eigenvalue weighted by molar-refractivity contribution is 9.10. The predicted molar refractivity (Wildman–Crippen MR) is 91.3 cm³/mol. The van der Waals surface area contributed by atoms with Crippen LogP contribution in [0.4, 0.5) is 4.39 Å². The molecule has 0 amide bonds. The molecule has 0 spiro atoms. The summed E-state index contributed by atoms with van der Waals surface area (Å²) in [5, 5.41) is 5.83. The SMILES string of the molecule is Fc1ccc(CCNCc2cccc3cnccc23)cc1Br. The molecule has 0 fully saturated rings. The standard InChI is InChI=1S/C18H16BrFN2/c19-17-10-13(4-5-18(17)20)6-8-21-11-14-2-1-3-15-12-22-9-7-16(14)15/h1-5,7,9-10,12,21H,6,8,11H2. The fraction of sp³-hybridized carbons (Fsp3) is 0.167. The maximum Gasteiger partial charge on any atom is 0.137 e. The summed E-state index contributed by atoms with van der Waals surface area (Å²) >= 11 is 3.22. The summed E-state index contributed by atoms with van der Waals surface area (Å²) in [5.41, 5.74) is 2.38. The molecule has 2 aromatic carbocycles. The Morgan fingerprint density at radius 2 is 2.05 bits per heavy atom. The number of hydrogen-bond acceptors (Lipinski definition) is 2. The molecule has 22 heavy (non-hydrogen) atoms. The average molecular weight is 359 g/mol. The van der Waals surface area contributed by atoms with Gasteiger partial charge in [0.1, 0.15) is 5.82 Å². The first kappa shape index (κ1) is 15.1. The van der Waals surface area contributed by atoms with Crippen LogP contribution >= 0.6 is 15.9 Å². The lowest BCUT2D eigenvalue weighted by Gasteiger charge is -2.08. The number of nitrogens with one attached hydrogen (secondary N) is 1. The molecule has 0 unspecified atom stereocenters. The number of benzene rings is 2. The molecule has 0 bridgehead atoms. The largest absolute Gasteiger partial charge is 0.312 e. The van der Waals surface area contributed by atoms with Gasteiger partial charge in [-0.05, 0) is 63.6 Å². The number of rotatable bonds is 5. The number of hydrogen-bond donors (Lipinski definition) is 1. The Morgan fingerprint density at radius 3 is 2.91 bits per heavy atom. The van der Waals surface area contributed by atoms with Crippen LogP contribution in [0.5, 0.6) is 0 Å². The predicted octanol–water partition coefficient (Wildman–Crippen LogP) is 4.47. The van der Waals surface area contributed by atoms with Crippen LogP contribution in [-0.2, 0) is 13.0 Å². The zero-order chi connectivity index (χ0) is 15.4. The van der Waals surface area contributed by atoms with E-state index >= 15 is 0 Å². The summed E-state index contributed by atoms with van der Waals surface area (Å²) < 4.78 is 13.7. The van der Waals surface area contributed by atoms with Gasteiger partial charge in [0, 0.05) is 24.3 Å². The van der Waals surface area contributed by atoms with E-state index < -0.39 is 0 Å². The summed E-state index contributed by atoms with van der Waals surface area (Å²) in [5.74, 6) is -0.221. The average Bonchev–Trinajstić information content (AvgIpc) is 2.55. The zero-order valence-corrected chi connectivity index (χ0v) is 13.6. The van der Waals surface area contributed by atoms with Gasteiger partial charge in [0.2, 0.25) is 0 Å². The van der Waals surface area contributed by atoms with Crippen molar-refractivity contribution in [2.24, 2.45) is 0 Å². The van der Waals surface area contributed by atoms with Crippen LogP contribution in [0.3, 0.4) is 0 Å². The fourth-order valence-electron chi connectivity index (χ4n) is 2.49. The number of pyridine rings is 1. The minimum absolute atomic E-state index is 0.221. The van der Waals surface area contributed by atoms with Gasteiger partial charge < -0.3 is 5.32 Å². The van der Waals surface area contributed by atoms with E-state index in [4.69, 9.17) is 0 Å². The highest BCUT2D eigenvalue weighted by atomic mass is 79.9. The summed E-state index contributed by atoms with van der Waals surface area (Å²) in [6.45, 7) is 1.66. The molecule has 0 saturated carbocycles. The van der Waals surface area contributed by atoms with Crippen molar-refractivity contribution in [2.75, 3.05) is 6.54 Å². The highest BCUT2D eigenvalue weighted by Crippen LogP contribution is 2.18. The molecule has 2 nitrogen and oxygen atoms in total. The highest BCUT2D eigenvalue weighted by Gasteiger charge is 2.02. The molecule has 0 aliphatic rings. The Balaban J connectivity index is 1.59. The van der Waals surface area contributed by atoms with Crippen LogP contribution in [0.15, 0.2) is 59.3 Å². The molecule has 0 aliphatic heterocycles. The summed E-state index contributed by atoms with van der Waals surface area (Å²) in [7, 11) is 0. The van der Waals surface area contributed by atoms with E-state index in [-0.39, 0.29) is 5.82 Å². The van der Waals surface area contributed by atoms with Crippen LogP contribution in [-0.4, -0.2) is 11.5 Å². The van der Waals surface area contributed by atoms with E-state index in [9.17, 15) is 4.39 Å². The second-order valence-corrected chi connectivity index (χ2v) is 6.04. The molecule has 0 radical (unpaired) electrons. The molecule has 0 atom stereocenters. The Morgan fingerprint density at radius 1 is 1.14 bits per heavy atom. The van der Waals surface area contributed by atoms with Crippen molar-refractivity contribution in [2.45, 2.75) is 13.0 Å². The van der Waals surface area contributed by atoms with Crippen LogP contribution in [0.2, 0.25) is 0 Å². The van der Waals surface area contributed by atoms with Crippen LogP contribution in [0, 0.1) is 5.82 Å². The normalized spacial score (nSPS) is 11.0. The molecule has 0 aliphatic carbocycles. The number of fused-ring (bicyclic) bond motifs is 1. The molecule has 0 saturated heterocycles. The lowest BCUT2D eigenvalue weighted by molar-refractivity contribution is 0.619. The van der Waals surface area contributed by atoms with Gasteiger partial charge in [-0.1, -0.05) is 24.3 Å². The molecular weight excluding hydrogens is 343 g/mol. The monoisotopic (exact) mass is 358 g/mol. The van der Waals surface area contributed by atoms with E-state index in [0.29, 0.717) is 4.47 Å². The van der Waals surface area contributed by atoms with E-state index in [1.165, 1.54) is 17.0 Å². The van der Waals surface area contributed by atoms with Crippen molar-refractivity contribution in [1.82, 2.24) is 10.3 Å². The molecular formula is C18H16BrFN2. The maximum atomic E-state index is 13.2. The fourth-order valence-corrected chi connectivity index (χ4v) is 2.92. The van der Waals surface area contributed by atoms with Gasteiger partial charge in [0.25, 0.3) is 0 Å². The molecule has 4 heteroatoms. The van der Waals surface area contributed by atoms with E-state index in [1.54, 1.807) is 0 Å². The second-order valence-electron chi connectivity index (χ2n) is 5.19. The van der Waals surface area contributed by atoms with Crippen LogP contribution in [0.1, 0.15) is 11.1 Å². The number of halogens is 2. The molecule has 1 N–H and O–H groups in total. The third-order valence-corrected chi connectivity index (χ3v) is 4.27. The Kier molecular flexibility index (Phi) is 4.80. The topological polar surface area (TPSA) is 24.9 Å². The molecule has 112 valence electrons. The second kappa shape index (κ2) is 6.99. The summed E-state index contributed by atoms with van der Waals surface area (Å²) in [6.07, 6.45) is 4.57. The quantitative estimate of drug-likeness (QED) is 0.680. The lowest BCUT2D eigenvalue weighted by atomic mass is 10.1. The van der Waals surface area contributed by atoms with Gasteiger partial charge in [0.05, 0.1) is 4.47 Å². The first-order chi connectivity index (χ1) is 10.7. The van der Waals surface area contributed by atoms with Gasteiger partial charge in [0.15, 0.2) is 0 Å². The Hall–Kier alpha value is -1.78. The molecule has 3 aromatic rings. The lowest BCUT2D eigenvalue weighted by Crippen LogP contribution is -2.16. The van der Waals surface area contributed by atoms with Gasteiger partial charge in [-0.25, -0.2) is 4.39 Å². The molecule has 1 heterocycles. The van der Waals surface area contributed by atoms with Gasteiger partial charge in [-0.2, -0.15) is 0 Å². The first-order valence-electron chi connectivity index (χ1n) is 7.20. The van der Waals surface area contributed by atoms with Crippen molar-refractivity contribution in [3.05, 3.63) is 76.3 Å². The van der Waals surface area contributed by atoms with Crippen molar-refractivity contribution < 1.29 is 4.39 Å². The van der Waals surface area contributed by atoms with E-state index in [1.807, 2.05) is 30.6 Å². The van der Waals surface area contributed by atoms with Gasteiger partial charge in [-0.3, -0.25) is 4.98 Å². The minimum atomic E-state index is -0.221. The Bertz CT molecular complexity index is 784. The smallest absolute Gasteiger partial charge is 0.137 e. The van der Waals surface area contributed by atoms with Gasteiger partial charge >= 0.3 is 0 Å². The third kappa shape index (κ3) is 3.51. The number of aromatic nitrogens is 1. The van der Waals surface area contributed by atoms with Crippen molar-refractivity contribution >= 4 is 26.7 Å². The minimum Gasteiger partial charge on any atom is -0.312 e. The number of nitrogens with zero attached hydrogens (tertiary/aromatic N) is 1. The molecule has 1 aromatic heterocycles. The zero-order valence-electron chi connectivity index (χ0n) is 12.0. The van der Waals surface area contributed by atoms with E-state index in [0.717, 1.165) is 30.5 Å². The van der Waals surface area contributed by atoms with Crippen molar-refractivity contribution in [1.29, 1.82) is 0 Å². The Labute approximate surface area is 137 Å².